The Bertz CT molecular complexity index is 3390. The molecule has 2 aliphatic heterocycles. The highest BCUT2D eigenvalue weighted by molar-refractivity contribution is 5.98. The van der Waals surface area contributed by atoms with Crippen molar-refractivity contribution in [3.63, 3.8) is 0 Å². The third-order valence-electron chi connectivity index (χ3n) is 14.2. The summed E-state index contributed by atoms with van der Waals surface area (Å²) in [7, 11) is 1.72. The molecule has 8 heterocycles. The van der Waals surface area contributed by atoms with Crippen LogP contribution in [0.5, 0.6) is 0 Å². The second kappa shape index (κ2) is 14.0. The molecule has 0 radical (unpaired) electrons. The smallest absolute Gasteiger partial charge is 0.376 e. The van der Waals surface area contributed by atoms with Crippen LogP contribution in [0, 0.1) is 11.6 Å². The predicted octanol–water partition coefficient (Wildman–Crippen LogP) is 6.69. The molecule has 65 heavy (non-hydrogen) atoms. The van der Waals surface area contributed by atoms with Crippen LogP contribution in [0.4, 0.5) is 8.78 Å². The van der Waals surface area contributed by atoms with Crippen molar-refractivity contribution < 1.29 is 22.8 Å². The molecule has 0 spiro atoms. The lowest BCUT2D eigenvalue weighted by Crippen LogP contribution is -2.40. The molecule has 2 saturated carbocycles. The van der Waals surface area contributed by atoms with Crippen LogP contribution in [0.1, 0.15) is 121 Å². The summed E-state index contributed by atoms with van der Waals surface area (Å²) in [6.45, 7) is 7.01. The summed E-state index contributed by atoms with van der Waals surface area (Å²) in [5, 5.41) is 18.6. The highest BCUT2D eigenvalue weighted by atomic mass is 19.1. The normalized spacial score (nSPS) is 20.2. The van der Waals surface area contributed by atoms with Crippen LogP contribution in [0.2, 0.25) is 0 Å². The number of nitrogens with zero attached hydrogens (tertiary/aromatic N) is 10. The number of benzene rings is 2. The standard InChI is InChI=1S/C47H45F2N11O5/c1-25-38-35(53-60(29-7-8-34(48)31(20-29)26-5-6-26)41(38)58-17-16-57(45(58)63)37-10-9-36-33(39(37)49)24-50-55(36)4)11-15-56(25)42(61)32-21-30-19-28(27-12-18-64-46(2,3)22-27)23-51-59(30)40(32)47(13-14-47)43-52-44(62)65-54-43/h7-10,16-17,19-21,23-27H,5-6,11-15,18,22H2,1-4H3,(H,52,54,62)/t25-,27+/m0/s1. The molecule has 0 unspecified atom stereocenters. The lowest BCUT2D eigenvalue weighted by molar-refractivity contribution is -0.0593. The second-order valence-corrected chi connectivity index (χ2v) is 18.8. The van der Waals surface area contributed by atoms with Gasteiger partial charge in [0.2, 0.25) is 0 Å². The summed E-state index contributed by atoms with van der Waals surface area (Å²) in [5.41, 5.74) is 4.16. The predicted molar refractivity (Wildman–Crippen MR) is 232 cm³/mol. The zero-order valence-corrected chi connectivity index (χ0v) is 36.2. The minimum Gasteiger partial charge on any atom is -0.376 e. The van der Waals surface area contributed by atoms with Gasteiger partial charge in [-0.05, 0) is 125 Å². The molecule has 8 aromatic rings. The molecule has 18 heteroatoms. The molecule has 332 valence electrons. The fourth-order valence-corrected chi connectivity index (χ4v) is 10.5. The zero-order valence-electron chi connectivity index (χ0n) is 36.2. The SMILES string of the molecule is C[C@H]1c2c(nn(-c3ccc(F)c(C4CC4)c3)c2-n2ccn(-c3ccc4c(cnn4C)c3F)c2=O)CCN1C(=O)c1cc2cc([C@@H]3CCOC(C)(C)C3)cnn2c1C1(c2noc(=O)[nH]2)CC1. The Hall–Kier alpha value is -6.95. The van der Waals surface area contributed by atoms with Crippen molar-refractivity contribution >= 4 is 22.3 Å². The number of aromatic nitrogens is 10. The number of carbonyl (C=O) groups is 1. The molecule has 1 N–H and O–H groups in total. The van der Waals surface area contributed by atoms with Crippen molar-refractivity contribution in [3.05, 3.63) is 139 Å². The molecule has 2 aromatic carbocycles. The van der Waals surface area contributed by atoms with Gasteiger partial charge < -0.3 is 9.64 Å². The number of imidazole rings is 1. The number of rotatable bonds is 8. The van der Waals surface area contributed by atoms with Gasteiger partial charge in [0.05, 0.1) is 74.2 Å². The van der Waals surface area contributed by atoms with Gasteiger partial charge in [0, 0.05) is 44.6 Å². The summed E-state index contributed by atoms with van der Waals surface area (Å²) in [5.74, 6) is -0.869. The summed E-state index contributed by atoms with van der Waals surface area (Å²) >= 11 is 0. The van der Waals surface area contributed by atoms with Gasteiger partial charge in [-0.1, -0.05) is 5.16 Å². The number of nitrogens with one attached hydrogen (secondary N) is 1. The van der Waals surface area contributed by atoms with Crippen molar-refractivity contribution in [2.75, 3.05) is 13.2 Å². The number of halogens is 2. The maximum Gasteiger partial charge on any atom is 0.438 e. The minimum atomic E-state index is -0.828. The maximum atomic E-state index is 16.1. The summed E-state index contributed by atoms with van der Waals surface area (Å²) < 4.78 is 50.1. The largest absolute Gasteiger partial charge is 0.438 e. The van der Waals surface area contributed by atoms with E-state index in [2.05, 4.69) is 35.2 Å². The molecule has 2 aliphatic carbocycles. The molecule has 16 nitrogen and oxygen atoms in total. The van der Waals surface area contributed by atoms with Gasteiger partial charge in [-0.15, -0.1) is 0 Å². The van der Waals surface area contributed by atoms with Gasteiger partial charge in [0.1, 0.15) is 11.6 Å². The second-order valence-electron chi connectivity index (χ2n) is 18.8. The lowest BCUT2D eigenvalue weighted by atomic mass is 9.84. The van der Waals surface area contributed by atoms with Crippen molar-refractivity contribution in [3.8, 4) is 17.2 Å². The molecule has 0 bridgehead atoms. The third-order valence-corrected chi connectivity index (χ3v) is 14.2. The number of amides is 1. The number of hydrogen-bond acceptors (Lipinski definition) is 9. The Kier molecular flexibility index (Phi) is 8.55. The Morgan fingerprint density at radius 3 is 2.52 bits per heavy atom. The van der Waals surface area contributed by atoms with Crippen LogP contribution in [0.25, 0.3) is 33.6 Å². The van der Waals surface area contributed by atoms with Crippen LogP contribution < -0.4 is 11.4 Å². The molecule has 3 fully saturated rings. The van der Waals surface area contributed by atoms with E-state index in [1.54, 1.807) is 56.3 Å². The Labute approximate surface area is 369 Å². The van der Waals surface area contributed by atoms with E-state index in [1.165, 1.54) is 27.6 Å². The molecule has 12 rings (SSSR count). The number of hydrogen-bond donors (Lipinski definition) is 1. The highest BCUT2D eigenvalue weighted by Crippen LogP contribution is 2.54. The van der Waals surface area contributed by atoms with Crippen LogP contribution >= 0.6 is 0 Å². The first-order valence-electron chi connectivity index (χ1n) is 22.2. The van der Waals surface area contributed by atoms with E-state index in [0.717, 1.165) is 36.8 Å². The number of aryl methyl sites for hydroxylation is 1. The van der Waals surface area contributed by atoms with Crippen molar-refractivity contribution in [1.29, 1.82) is 0 Å². The van der Waals surface area contributed by atoms with E-state index >= 15 is 13.6 Å². The Morgan fingerprint density at radius 2 is 1.77 bits per heavy atom. The number of aromatic amines is 1. The Balaban J connectivity index is 0.994. The average Bonchev–Trinajstić information content (AvgIpc) is 4.03. The average molecular weight is 882 g/mol. The van der Waals surface area contributed by atoms with Gasteiger partial charge >= 0.3 is 11.4 Å². The van der Waals surface area contributed by atoms with E-state index in [4.69, 9.17) is 19.5 Å². The Morgan fingerprint density at radius 1 is 0.954 bits per heavy atom. The molecule has 1 saturated heterocycles. The van der Waals surface area contributed by atoms with E-state index < -0.39 is 28.7 Å². The first kappa shape index (κ1) is 39.6. The number of fused-ring (bicyclic) bond motifs is 3. The van der Waals surface area contributed by atoms with Crippen molar-refractivity contribution in [2.24, 2.45) is 7.05 Å². The molecular formula is C47H45F2N11O5. The van der Waals surface area contributed by atoms with Crippen LogP contribution in [-0.2, 0) is 23.6 Å². The molecule has 4 aliphatic rings. The highest BCUT2D eigenvalue weighted by Gasteiger charge is 2.54. The molecule has 6 aromatic heterocycles. The third kappa shape index (κ3) is 6.12. The van der Waals surface area contributed by atoms with Gasteiger partial charge in [-0.25, -0.2) is 27.6 Å². The zero-order chi connectivity index (χ0) is 44.7. The minimum absolute atomic E-state index is 0.0462. The van der Waals surface area contributed by atoms with Crippen LogP contribution in [-0.4, -0.2) is 78.0 Å². The number of H-pyrrole nitrogens is 1. The van der Waals surface area contributed by atoms with Gasteiger partial charge in [0.15, 0.2) is 11.6 Å². The van der Waals surface area contributed by atoms with Crippen LogP contribution in [0.3, 0.4) is 0 Å². The summed E-state index contributed by atoms with van der Waals surface area (Å²) in [6, 6.07) is 11.4. The molecule has 1 amide bonds. The van der Waals surface area contributed by atoms with Gasteiger partial charge in [-0.3, -0.25) is 28.1 Å². The van der Waals surface area contributed by atoms with Crippen LogP contribution in [0.15, 0.2) is 81.4 Å². The van der Waals surface area contributed by atoms with Crippen molar-refractivity contribution in [2.45, 2.75) is 94.6 Å². The van der Waals surface area contributed by atoms with E-state index in [0.29, 0.717) is 83.3 Å². The topological polar surface area (TPSA) is 168 Å². The van der Waals surface area contributed by atoms with Crippen molar-refractivity contribution in [1.82, 2.24) is 53.3 Å². The quantitative estimate of drug-likeness (QED) is 0.175. The fraction of sp³-hybridized carbons (Fsp3) is 0.383. The first-order valence-corrected chi connectivity index (χ1v) is 22.2. The maximum absolute atomic E-state index is 16.1. The van der Waals surface area contributed by atoms with E-state index in [-0.39, 0.29) is 40.2 Å². The molecule has 2 atom stereocenters. The van der Waals surface area contributed by atoms with Gasteiger partial charge in [-0.2, -0.15) is 15.3 Å². The first-order chi connectivity index (χ1) is 31.3. The summed E-state index contributed by atoms with van der Waals surface area (Å²) in [4.78, 5) is 47.0. The number of carbonyl (C=O) groups excluding carboxylic acids is 1. The fourth-order valence-electron chi connectivity index (χ4n) is 10.5. The van der Waals surface area contributed by atoms with E-state index in [1.807, 2.05) is 19.2 Å². The summed E-state index contributed by atoms with van der Waals surface area (Å²) in [6.07, 6.45) is 11.3. The lowest BCUT2D eigenvalue weighted by Gasteiger charge is -2.35. The van der Waals surface area contributed by atoms with E-state index in [9.17, 15) is 9.59 Å². The monoisotopic (exact) mass is 881 g/mol. The van der Waals surface area contributed by atoms with Gasteiger partial charge in [0.25, 0.3) is 5.91 Å². The number of ether oxygens (including phenoxy) is 1. The molecular weight excluding hydrogens is 837 g/mol.